The van der Waals surface area contributed by atoms with Crippen LogP contribution in [0.5, 0.6) is 0 Å². The number of anilines is 3. The number of nitrogens with zero attached hydrogens (tertiary/aromatic N) is 5. The van der Waals surface area contributed by atoms with Crippen molar-refractivity contribution >= 4 is 34.7 Å². The van der Waals surface area contributed by atoms with E-state index in [-0.39, 0.29) is 11.5 Å². The largest absolute Gasteiger partial charge is 0.370 e. The molecule has 0 saturated carbocycles. The minimum atomic E-state index is -2.60. The lowest BCUT2D eigenvalue weighted by atomic mass is 9.92. The maximum Gasteiger partial charge on any atom is 0.264 e. The van der Waals surface area contributed by atoms with E-state index < -0.39 is 6.43 Å². The summed E-state index contributed by atoms with van der Waals surface area (Å²) in [5, 5.41) is 4.21. The van der Waals surface area contributed by atoms with Gasteiger partial charge >= 0.3 is 0 Å². The van der Waals surface area contributed by atoms with E-state index in [0.29, 0.717) is 24.2 Å². The number of rotatable bonds is 4. The topological polar surface area (TPSA) is 44.6 Å². The number of alkyl halides is 2. The van der Waals surface area contributed by atoms with Gasteiger partial charge in [0.15, 0.2) is 0 Å². The van der Waals surface area contributed by atoms with Gasteiger partial charge in [0, 0.05) is 98.2 Å². The molecule has 1 fully saturated rings. The number of aromatic nitrogens is 2. The quantitative estimate of drug-likeness (QED) is 0.450. The summed E-state index contributed by atoms with van der Waals surface area (Å²) in [7, 11) is 1.80. The van der Waals surface area contributed by atoms with Gasteiger partial charge in [-0.1, -0.05) is 0 Å². The summed E-state index contributed by atoms with van der Waals surface area (Å²) in [6.07, 6.45) is 2.62. The lowest BCUT2D eigenvalue weighted by Crippen LogP contribution is -2.33. The van der Waals surface area contributed by atoms with Crippen molar-refractivity contribution in [2.24, 2.45) is 7.05 Å². The number of hydrogen-bond donors (Lipinski definition) is 0. The van der Waals surface area contributed by atoms with Crippen LogP contribution in [0.1, 0.15) is 42.0 Å². The molecule has 3 aliphatic rings. The van der Waals surface area contributed by atoms with E-state index in [4.69, 9.17) is 0 Å². The van der Waals surface area contributed by atoms with Crippen LogP contribution < -0.4 is 9.80 Å². The van der Waals surface area contributed by atoms with E-state index in [2.05, 4.69) is 27.0 Å². The molecule has 0 bridgehead atoms. The van der Waals surface area contributed by atoms with Crippen LogP contribution in [0.4, 0.5) is 25.8 Å². The standard InChI is InChI=1S/C28H31F2N5OS/c1-18(36)34-16-20-10-22(33-6-8-37-9-7-33)12-27(25(20)17-34)35-5-3-4-19-11-23(21-14-31-32(2)15-21)24(28(29)30)13-26(19)35/h10-15,28H,3-9,16-17H2,1-2H3. The molecule has 1 saturated heterocycles. The molecule has 3 aliphatic heterocycles. The van der Waals surface area contributed by atoms with Crippen LogP contribution in [-0.2, 0) is 31.4 Å². The number of carbonyl (C=O) groups is 1. The molecule has 1 amide bonds. The maximum atomic E-state index is 14.4. The number of carbonyl (C=O) groups excluding carboxylic acids is 1. The average molecular weight is 524 g/mol. The number of aryl methyl sites for hydroxylation is 2. The molecular formula is C28H31F2N5OS. The first-order chi connectivity index (χ1) is 17.9. The first kappa shape index (κ1) is 24.3. The Hall–Kier alpha value is -3.07. The number of thioether (sulfide) groups is 1. The summed E-state index contributed by atoms with van der Waals surface area (Å²) >= 11 is 1.97. The van der Waals surface area contributed by atoms with Crippen LogP contribution in [0.15, 0.2) is 36.7 Å². The van der Waals surface area contributed by atoms with Crippen molar-refractivity contribution in [3.63, 3.8) is 0 Å². The smallest absolute Gasteiger partial charge is 0.264 e. The number of halogens is 2. The fraction of sp³-hybridized carbons (Fsp3) is 0.429. The van der Waals surface area contributed by atoms with Gasteiger partial charge in [-0.2, -0.15) is 16.9 Å². The second-order valence-corrected chi connectivity index (χ2v) is 11.3. The van der Waals surface area contributed by atoms with Crippen LogP contribution in [0, 0.1) is 0 Å². The average Bonchev–Trinajstić information content (AvgIpc) is 3.54. The Morgan fingerprint density at radius 2 is 1.84 bits per heavy atom. The highest BCUT2D eigenvalue weighted by Gasteiger charge is 2.31. The monoisotopic (exact) mass is 523 g/mol. The number of benzene rings is 2. The van der Waals surface area contributed by atoms with Crippen LogP contribution in [0.3, 0.4) is 0 Å². The first-order valence-electron chi connectivity index (χ1n) is 12.8. The zero-order chi connectivity index (χ0) is 25.7. The molecule has 2 aromatic carbocycles. The van der Waals surface area contributed by atoms with E-state index in [0.717, 1.165) is 77.7 Å². The first-order valence-corrected chi connectivity index (χ1v) is 14.0. The molecule has 6 rings (SSSR count). The van der Waals surface area contributed by atoms with Crippen LogP contribution >= 0.6 is 11.8 Å². The van der Waals surface area contributed by atoms with Crippen molar-refractivity contribution in [2.45, 2.75) is 39.3 Å². The molecule has 6 nitrogen and oxygen atoms in total. The number of hydrogen-bond acceptors (Lipinski definition) is 5. The molecular weight excluding hydrogens is 492 g/mol. The SMILES string of the molecule is CC(=O)N1Cc2cc(N3CCSCC3)cc(N3CCCc4cc(-c5cnn(C)c5)c(C(F)F)cc43)c2C1. The fourth-order valence-corrected chi connectivity index (χ4v) is 6.74. The summed E-state index contributed by atoms with van der Waals surface area (Å²) in [6.45, 7) is 5.49. The normalized spacial score (nSPS) is 17.4. The van der Waals surface area contributed by atoms with Crippen molar-refractivity contribution in [1.82, 2.24) is 14.7 Å². The zero-order valence-corrected chi connectivity index (χ0v) is 22.0. The highest BCUT2D eigenvalue weighted by molar-refractivity contribution is 7.99. The van der Waals surface area contributed by atoms with Crippen molar-refractivity contribution in [1.29, 1.82) is 0 Å². The van der Waals surface area contributed by atoms with Gasteiger partial charge in [-0.05, 0) is 53.8 Å². The molecule has 1 aromatic heterocycles. The molecule has 0 radical (unpaired) electrons. The Balaban J connectivity index is 1.48. The molecule has 0 atom stereocenters. The summed E-state index contributed by atoms with van der Waals surface area (Å²) in [6, 6.07) is 8.09. The van der Waals surface area contributed by atoms with Gasteiger partial charge in [-0.3, -0.25) is 9.48 Å². The predicted molar refractivity (Wildman–Crippen MR) is 145 cm³/mol. The highest BCUT2D eigenvalue weighted by atomic mass is 32.2. The Morgan fingerprint density at radius 3 is 2.54 bits per heavy atom. The summed E-state index contributed by atoms with van der Waals surface area (Å²) in [5.41, 5.74) is 7.72. The zero-order valence-electron chi connectivity index (χ0n) is 21.2. The molecule has 0 unspecified atom stereocenters. The molecule has 37 heavy (non-hydrogen) atoms. The second-order valence-electron chi connectivity index (χ2n) is 10.1. The van der Waals surface area contributed by atoms with Gasteiger partial charge in [0.2, 0.25) is 5.91 Å². The van der Waals surface area contributed by atoms with Crippen molar-refractivity contribution in [2.75, 3.05) is 40.9 Å². The Morgan fingerprint density at radius 1 is 1.03 bits per heavy atom. The number of amides is 1. The molecule has 0 N–H and O–H groups in total. The minimum Gasteiger partial charge on any atom is -0.370 e. The third kappa shape index (κ3) is 4.47. The predicted octanol–water partition coefficient (Wildman–Crippen LogP) is 5.52. The van der Waals surface area contributed by atoms with Gasteiger partial charge < -0.3 is 14.7 Å². The van der Waals surface area contributed by atoms with Crippen molar-refractivity contribution < 1.29 is 13.6 Å². The Labute approximate surface area is 220 Å². The van der Waals surface area contributed by atoms with Gasteiger partial charge in [0.25, 0.3) is 6.43 Å². The van der Waals surface area contributed by atoms with E-state index in [1.165, 1.54) is 0 Å². The highest BCUT2D eigenvalue weighted by Crippen LogP contribution is 2.45. The molecule has 9 heteroatoms. The van der Waals surface area contributed by atoms with Crippen LogP contribution in [0.25, 0.3) is 11.1 Å². The van der Waals surface area contributed by atoms with Crippen LogP contribution in [-0.4, -0.2) is 51.7 Å². The van der Waals surface area contributed by atoms with E-state index in [1.54, 1.807) is 37.1 Å². The Kier molecular flexibility index (Phi) is 6.34. The third-order valence-electron chi connectivity index (χ3n) is 7.75. The minimum absolute atomic E-state index is 0.0323. The van der Waals surface area contributed by atoms with Gasteiger partial charge in [-0.25, -0.2) is 8.78 Å². The Bertz CT molecular complexity index is 1350. The van der Waals surface area contributed by atoms with E-state index in [9.17, 15) is 13.6 Å². The molecule has 194 valence electrons. The third-order valence-corrected chi connectivity index (χ3v) is 8.69. The van der Waals surface area contributed by atoms with Crippen molar-refractivity contribution in [3.05, 3.63) is 58.9 Å². The lowest BCUT2D eigenvalue weighted by Gasteiger charge is -2.35. The van der Waals surface area contributed by atoms with Crippen LogP contribution in [0.2, 0.25) is 0 Å². The maximum absolute atomic E-state index is 14.4. The molecule has 3 aromatic rings. The molecule has 0 spiro atoms. The van der Waals surface area contributed by atoms with Gasteiger partial charge in [0.1, 0.15) is 0 Å². The lowest BCUT2D eigenvalue weighted by molar-refractivity contribution is -0.129. The van der Waals surface area contributed by atoms with E-state index in [1.807, 2.05) is 22.7 Å². The van der Waals surface area contributed by atoms with E-state index >= 15 is 0 Å². The summed E-state index contributed by atoms with van der Waals surface area (Å²) in [5.74, 6) is 2.24. The summed E-state index contributed by atoms with van der Waals surface area (Å²) < 4.78 is 30.4. The van der Waals surface area contributed by atoms with Gasteiger partial charge in [0.05, 0.1) is 6.20 Å². The van der Waals surface area contributed by atoms with Crippen molar-refractivity contribution in [3.8, 4) is 11.1 Å². The fourth-order valence-electron chi connectivity index (χ4n) is 5.83. The molecule has 4 heterocycles. The number of fused-ring (bicyclic) bond motifs is 2. The second kappa shape index (κ2) is 9.67. The molecule has 0 aliphatic carbocycles. The summed E-state index contributed by atoms with van der Waals surface area (Å²) in [4.78, 5) is 18.8. The van der Waals surface area contributed by atoms with Gasteiger partial charge in [-0.15, -0.1) is 0 Å².